The summed E-state index contributed by atoms with van der Waals surface area (Å²) >= 11 is 0. The molecule has 0 bridgehead atoms. The number of aliphatic hydroxyl groups is 1. The van der Waals surface area contributed by atoms with E-state index in [-0.39, 0.29) is 18.3 Å². The van der Waals surface area contributed by atoms with Crippen LogP contribution in [0.2, 0.25) is 0 Å². The molecule has 5 heteroatoms. The number of aliphatic hydroxyl groups excluding tert-OH is 1. The van der Waals surface area contributed by atoms with Crippen molar-refractivity contribution in [3.05, 3.63) is 42.0 Å². The van der Waals surface area contributed by atoms with Crippen LogP contribution in [-0.4, -0.2) is 44.0 Å². The van der Waals surface area contributed by atoms with Crippen LogP contribution >= 0.6 is 0 Å². The summed E-state index contributed by atoms with van der Waals surface area (Å²) in [6.45, 7) is 0.197. The first kappa shape index (κ1) is 18.9. The van der Waals surface area contributed by atoms with Crippen LogP contribution in [0, 0.1) is 0 Å². The van der Waals surface area contributed by atoms with Crippen LogP contribution in [0.3, 0.4) is 0 Å². The Morgan fingerprint density at radius 1 is 1.00 bits per heavy atom. The van der Waals surface area contributed by atoms with Crippen LogP contribution in [0.15, 0.2) is 36.4 Å². The van der Waals surface area contributed by atoms with Gasteiger partial charge in [-0.15, -0.1) is 0 Å². The zero-order chi connectivity index (χ0) is 18.2. The maximum atomic E-state index is 12.5. The van der Waals surface area contributed by atoms with Gasteiger partial charge in [0.25, 0.3) is 5.91 Å². The molecule has 5 nitrogen and oxygen atoms in total. The number of Topliss-reactive ketones (excluding diaryl/α,β-unsaturated/α-hetero) is 1. The molecule has 0 aromatic heterocycles. The SMILES string of the molecule is CN(C)c1ccc(C(=O)NCCCCCC(=O)CO)c2ccccc12. The molecule has 0 spiro atoms. The third kappa shape index (κ3) is 5.03. The summed E-state index contributed by atoms with van der Waals surface area (Å²) in [5.74, 6) is -0.204. The quantitative estimate of drug-likeness (QED) is 0.688. The van der Waals surface area contributed by atoms with Crippen molar-refractivity contribution >= 4 is 28.2 Å². The van der Waals surface area contributed by atoms with Gasteiger partial charge in [0.05, 0.1) is 0 Å². The summed E-state index contributed by atoms with van der Waals surface area (Å²) in [6.07, 6.45) is 2.82. The molecule has 0 aliphatic rings. The molecule has 0 radical (unpaired) electrons. The van der Waals surface area contributed by atoms with Crippen molar-refractivity contribution in [3.8, 4) is 0 Å². The third-order valence-electron chi connectivity index (χ3n) is 4.22. The van der Waals surface area contributed by atoms with E-state index in [0.29, 0.717) is 18.5 Å². The number of fused-ring (bicyclic) bond motifs is 1. The molecule has 0 saturated heterocycles. The third-order valence-corrected chi connectivity index (χ3v) is 4.22. The minimum atomic E-state index is -0.382. The summed E-state index contributed by atoms with van der Waals surface area (Å²) in [7, 11) is 3.98. The van der Waals surface area contributed by atoms with Gasteiger partial charge in [-0.1, -0.05) is 30.7 Å². The molecule has 0 atom stereocenters. The Labute approximate surface area is 148 Å². The van der Waals surface area contributed by atoms with E-state index >= 15 is 0 Å². The first-order valence-corrected chi connectivity index (χ1v) is 8.64. The van der Waals surface area contributed by atoms with Gasteiger partial charge < -0.3 is 15.3 Å². The average Bonchev–Trinajstić information content (AvgIpc) is 2.62. The predicted molar refractivity (Wildman–Crippen MR) is 101 cm³/mol. The molecule has 0 fully saturated rings. The fraction of sp³-hybridized carbons (Fsp3) is 0.400. The smallest absolute Gasteiger partial charge is 0.251 e. The minimum absolute atomic E-state index is 0.0760. The highest BCUT2D eigenvalue weighted by Crippen LogP contribution is 2.28. The van der Waals surface area contributed by atoms with Crippen LogP contribution in [0.1, 0.15) is 36.0 Å². The van der Waals surface area contributed by atoms with Crippen molar-refractivity contribution in [3.63, 3.8) is 0 Å². The highest BCUT2D eigenvalue weighted by Gasteiger charge is 2.12. The summed E-state index contributed by atoms with van der Waals surface area (Å²) < 4.78 is 0. The highest BCUT2D eigenvalue weighted by atomic mass is 16.3. The molecular formula is C20H26N2O3. The number of rotatable bonds is 9. The molecule has 0 heterocycles. The summed E-state index contributed by atoms with van der Waals surface area (Å²) in [5, 5.41) is 13.6. The second kappa shape index (κ2) is 9.18. The lowest BCUT2D eigenvalue weighted by Crippen LogP contribution is -2.25. The Kier molecular flexibility index (Phi) is 6.95. The van der Waals surface area contributed by atoms with E-state index < -0.39 is 0 Å². The molecule has 2 aromatic carbocycles. The summed E-state index contributed by atoms with van der Waals surface area (Å²) in [5.41, 5.74) is 1.76. The van der Waals surface area contributed by atoms with Crippen LogP contribution in [-0.2, 0) is 4.79 Å². The first-order chi connectivity index (χ1) is 12.0. The van der Waals surface area contributed by atoms with E-state index in [0.717, 1.165) is 35.7 Å². The van der Waals surface area contributed by atoms with Crippen LogP contribution in [0.5, 0.6) is 0 Å². The number of amides is 1. The fourth-order valence-corrected chi connectivity index (χ4v) is 2.87. The van der Waals surface area contributed by atoms with Gasteiger partial charge in [-0.05, 0) is 30.4 Å². The van der Waals surface area contributed by atoms with Crippen LogP contribution < -0.4 is 10.2 Å². The highest BCUT2D eigenvalue weighted by molar-refractivity contribution is 6.10. The number of hydrogen-bond acceptors (Lipinski definition) is 4. The van der Waals surface area contributed by atoms with E-state index in [1.165, 1.54) is 0 Å². The van der Waals surface area contributed by atoms with Crippen molar-refractivity contribution in [2.75, 3.05) is 32.1 Å². The lowest BCUT2D eigenvalue weighted by molar-refractivity contribution is -0.121. The fourth-order valence-electron chi connectivity index (χ4n) is 2.87. The summed E-state index contributed by atoms with van der Waals surface area (Å²) in [6, 6.07) is 11.8. The molecule has 134 valence electrons. The van der Waals surface area contributed by atoms with Crippen molar-refractivity contribution in [2.45, 2.75) is 25.7 Å². The number of nitrogens with zero attached hydrogens (tertiary/aromatic N) is 1. The molecule has 1 amide bonds. The molecular weight excluding hydrogens is 316 g/mol. The Balaban J connectivity index is 1.96. The van der Waals surface area contributed by atoms with Gasteiger partial charge in [-0.3, -0.25) is 9.59 Å². The number of benzene rings is 2. The number of carbonyl (C=O) groups is 2. The molecule has 2 N–H and O–H groups in total. The molecule has 0 aliphatic carbocycles. The second-order valence-electron chi connectivity index (χ2n) is 6.34. The molecule has 25 heavy (non-hydrogen) atoms. The van der Waals surface area contributed by atoms with E-state index in [1.807, 2.05) is 55.4 Å². The van der Waals surface area contributed by atoms with Gasteiger partial charge in [0.15, 0.2) is 5.78 Å². The topological polar surface area (TPSA) is 69.6 Å². The van der Waals surface area contributed by atoms with Crippen LogP contribution in [0.25, 0.3) is 10.8 Å². The minimum Gasteiger partial charge on any atom is -0.389 e. The van der Waals surface area contributed by atoms with E-state index in [1.54, 1.807) is 0 Å². The van der Waals surface area contributed by atoms with Gasteiger partial charge in [-0.25, -0.2) is 0 Å². The number of unbranched alkanes of at least 4 members (excludes halogenated alkanes) is 2. The zero-order valence-corrected chi connectivity index (χ0v) is 14.9. The largest absolute Gasteiger partial charge is 0.389 e. The standard InChI is InChI=1S/C20H26N2O3/c1-22(2)19-12-11-18(16-9-5-6-10-17(16)19)20(25)21-13-7-3-4-8-15(24)14-23/h5-6,9-12,23H,3-4,7-8,13-14H2,1-2H3,(H,21,25). The Morgan fingerprint density at radius 2 is 1.72 bits per heavy atom. The van der Waals surface area contributed by atoms with E-state index in [4.69, 9.17) is 5.11 Å². The lowest BCUT2D eigenvalue weighted by atomic mass is 10.0. The number of nitrogens with one attached hydrogen (secondary N) is 1. The maximum absolute atomic E-state index is 12.5. The molecule has 2 aromatic rings. The normalized spacial score (nSPS) is 10.7. The van der Waals surface area contributed by atoms with Gasteiger partial charge in [0.2, 0.25) is 0 Å². The first-order valence-electron chi connectivity index (χ1n) is 8.64. The predicted octanol–water partition coefficient (Wildman–Crippen LogP) is 2.76. The Morgan fingerprint density at radius 3 is 2.40 bits per heavy atom. The number of hydrogen-bond donors (Lipinski definition) is 2. The average molecular weight is 342 g/mol. The number of ketones is 1. The summed E-state index contributed by atoms with van der Waals surface area (Å²) in [4.78, 5) is 25.6. The van der Waals surface area contributed by atoms with E-state index in [2.05, 4.69) is 5.32 Å². The van der Waals surface area contributed by atoms with Crippen molar-refractivity contribution in [1.82, 2.24) is 5.32 Å². The number of anilines is 1. The molecule has 2 rings (SSSR count). The molecule has 0 aliphatic heterocycles. The van der Waals surface area contributed by atoms with Crippen LogP contribution in [0.4, 0.5) is 5.69 Å². The van der Waals surface area contributed by atoms with Gasteiger partial charge in [0.1, 0.15) is 6.61 Å². The van der Waals surface area contributed by atoms with Gasteiger partial charge >= 0.3 is 0 Å². The second-order valence-corrected chi connectivity index (χ2v) is 6.34. The lowest BCUT2D eigenvalue weighted by Gasteiger charge is -2.17. The maximum Gasteiger partial charge on any atom is 0.251 e. The van der Waals surface area contributed by atoms with E-state index in [9.17, 15) is 9.59 Å². The van der Waals surface area contributed by atoms with Crippen molar-refractivity contribution in [1.29, 1.82) is 0 Å². The monoisotopic (exact) mass is 342 g/mol. The molecule has 0 unspecified atom stereocenters. The van der Waals surface area contributed by atoms with Crippen molar-refractivity contribution < 1.29 is 14.7 Å². The number of carbonyl (C=O) groups excluding carboxylic acids is 2. The van der Waals surface area contributed by atoms with Gasteiger partial charge in [-0.2, -0.15) is 0 Å². The van der Waals surface area contributed by atoms with Crippen molar-refractivity contribution in [2.24, 2.45) is 0 Å². The Bertz CT molecular complexity index is 741. The van der Waals surface area contributed by atoms with Gasteiger partial charge in [0, 0.05) is 43.7 Å². The Hall–Kier alpha value is -2.40. The molecule has 0 saturated carbocycles. The zero-order valence-electron chi connectivity index (χ0n) is 14.9.